The number of fused-ring (bicyclic) bond motifs is 2. The summed E-state index contributed by atoms with van der Waals surface area (Å²) in [6.07, 6.45) is 5.12. The predicted octanol–water partition coefficient (Wildman–Crippen LogP) is 2.04. The summed E-state index contributed by atoms with van der Waals surface area (Å²) < 4.78 is 0. The molecule has 62 valence electrons. The van der Waals surface area contributed by atoms with Gasteiger partial charge in [-0.05, 0) is 31.1 Å². The smallest absolute Gasteiger partial charge is 0.309 e. The minimum atomic E-state index is -0.560. The van der Waals surface area contributed by atoms with Crippen molar-refractivity contribution in [2.75, 3.05) is 0 Å². The number of rotatable bonds is 1. The Kier molecular flexibility index (Phi) is 1.16. The molecule has 0 heterocycles. The van der Waals surface area contributed by atoms with Crippen molar-refractivity contribution < 1.29 is 9.90 Å². The lowest BCUT2D eigenvalue weighted by Crippen LogP contribution is -2.53. The highest BCUT2D eigenvalue weighted by Crippen LogP contribution is 2.63. The van der Waals surface area contributed by atoms with Crippen LogP contribution in [0.25, 0.3) is 0 Å². The van der Waals surface area contributed by atoms with Gasteiger partial charge in [0.2, 0.25) is 0 Å². The molecule has 0 saturated heterocycles. The zero-order valence-corrected chi connectivity index (χ0v) is 6.89. The van der Waals surface area contributed by atoms with Crippen molar-refractivity contribution in [3.05, 3.63) is 0 Å². The van der Waals surface area contributed by atoms with Crippen molar-refractivity contribution in [1.82, 2.24) is 0 Å². The van der Waals surface area contributed by atoms with Crippen LogP contribution in [0.5, 0.6) is 0 Å². The molecule has 3 rings (SSSR count). The van der Waals surface area contributed by atoms with Gasteiger partial charge in [-0.2, -0.15) is 0 Å². The van der Waals surface area contributed by atoms with Crippen molar-refractivity contribution in [2.45, 2.75) is 39.0 Å². The van der Waals surface area contributed by atoms with Gasteiger partial charge in [0.05, 0.1) is 5.41 Å². The summed E-state index contributed by atoms with van der Waals surface area (Å²) in [7, 11) is 0. The minimum Gasteiger partial charge on any atom is -0.481 e. The summed E-state index contributed by atoms with van der Waals surface area (Å²) in [5, 5.41) is 8.95. The third-order valence-electron chi connectivity index (χ3n) is 3.42. The second kappa shape index (κ2) is 1.79. The average molecular weight is 154 g/mol. The van der Waals surface area contributed by atoms with Gasteiger partial charge in [-0.15, -0.1) is 0 Å². The first-order chi connectivity index (χ1) is 5.06. The van der Waals surface area contributed by atoms with E-state index in [1.165, 1.54) is 6.42 Å². The molecule has 2 heteroatoms. The van der Waals surface area contributed by atoms with E-state index in [0.717, 1.165) is 25.7 Å². The quantitative estimate of drug-likeness (QED) is 0.627. The maximum atomic E-state index is 10.9. The van der Waals surface area contributed by atoms with E-state index >= 15 is 0 Å². The standard InChI is InChI=1S/C9H14O2/c1-8-3-2-4-9(5-8,6-8)7(10)11/h2-6H2,1H3,(H,10,11). The molecule has 0 aromatic rings. The maximum absolute atomic E-state index is 10.9. The number of carbonyl (C=O) groups is 1. The van der Waals surface area contributed by atoms with E-state index in [-0.39, 0.29) is 5.41 Å². The highest BCUT2D eigenvalue weighted by molar-refractivity contribution is 5.76. The van der Waals surface area contributed by atoms with Gasteiger partial charge in [-0.1, -0.05) is 13.3 Å². The largest absolute Gasteiger partial charge is 0.481 e. The van der Waals surface area contributed by atoms with Gasteiger partial charge in [-0.3, -0.25) is 4.79 Å². The molecule has 0 aromatic carbocycles. The van der Waals surface area contributed by atoms with E-state index in [0.29, 0.717) is 5.41 Å². The van der Waals surface area contributed by atoms with Crippen LogP contribution in [0.2, 0.25) is 0 Å². The Balaban J connectivity index is 2.16. The van der Waals surface area contributed by atoms with Crippen LogP contribution in [0, 0.1) is 10.8 Å². The van der Waals surface area contributed by atoms with E-state index < -0.39 is 5.97 Å². The summed E-state index contributed by atoms with van der Waals surface area (Å²) in [4.78, 5) is 10.9. The second-order valence-corrected chi connectivity index (χ2v) is 4.60. The lowest BCUT2D eigenvalue weighted by molar-refractivity contribution is -0.173. The zero-order valence-electron chi connectivity index (χ0n) is 6.89. The maximum Gasteiger partial charge on any atom is 0.309 e. The Bertz CT molecular complexity index is 202. The third kappa shape index (κ3) is 0.815. The van der Waals surface area contributed by atoms with Crippen LogP contribution < -0.4 is 0 Å². The Morgan fingerprint density at radius 2 is 2.00 bits per heavy atom. The summed E-state index contributed by atoms with van der Waals surface area (Å²) in [5.41, 5.74) is 0.0869. The third-order valence-corrected chi connectivity index (χ3v) is 3.42. The first-order valence-electron chi connectivity index (χ1n) is 4.30. The van der Waals surface area contributed by atoms with Crippen LogP contribution in [-0.4, -0.2) is 11.1 Å². The molecule has 1 N–H and O–H groups in total. The minimum absolute atomic E-state index is 0.299. The van der Waals surface area contributed by atoms with Crippen LogP contribution in [0.1, 0.15) is 39.0 Å². The van der Waals surface area contributed by atoms with Crippen molar-refractivity contribution in [1.29, 1.82) is 0 Å². The fraction of sp³-hybridized carbons (Fsp3) is 0.889. The average Bonchev–Trinajstić information content (AvgIpc) is 1.85. The van der Waals surface area contributed by atoms with E-state index in [4.69, 9.17) is 5.11 Å². The number of carboxylic acid groups (broad SMARTS) is 1. The molecule has 2 nitrogen and oxygen atoms in total. The molecule has 11 heavy (non-hydrogen) atoms. The molecular weight excluding hydrogens is 140 g/mol. The molecule has 3 aliphatic carbocycles. The molecule has 0 aromatic heterocycles. The van der Waals surface area contributed by atoms with Crippen LogP contribution in [0.15, 0.2) is 0 Å². The second-order valence-electron chi connectivity index (χ2n) is 4.60. The van der Waals surface area contributed by atoms with E-state index in [1.54, 1.807) is 0 Å². The van der Waals surface area contributed by atoms with Crippen molar-refractivity contribution >= 4 is 5.97 Å². The molecular formula is C9H14O2. The van der Waals surface area contributed by atoms with Crippen molar-refractivity contribution in [2.24, 2.45) is 10.8 Å². The number of carboxylic acids is 1. The Morgan fingerprint density at radius 3 is 2.36 bits per heavy atom. The van der Waals surface area contributed by atoms with Crippen LogP contribution in [-0.2, 0) is 4.79 Å². The monoisotopic (exact) mass is 154 g/mol. The summed E-state index contributed by atoms with van der Waals surface area (Å²) in [6.45, 7) is 2.22. The Morgan fingerprint density at radius 1 is 1.36 bits per heavy atom. The lowest BCUT2D eigenvalue weighted by atomic mass is 9.46. The van der Waals surface area contributed by atoms with Crippen LogP contribution in [0.4, 0.5) is 0 Å². The first kappa shape index (κ1) is 7.14. The van der Waals surface area contributed by atoms with Crippen LogP contribution >= 0.6 is 0 Å². The van der Waals surface area contributed by atoms with Gasteiger partial charge in [0, 0.05) is 0 Å². The molecule has 0 radical (unpaired) electrons. The van der Waals surface area contributed by atoms with Crippen molar-refractivity contribution in [3.8, 4) is 0 Å². The molecule has 3 aliphatic rings. The van der Waals surface area contributed by atoms with Gasteiger partial charge in [0.25, 0.3) is 0 Å². The van der Waals surface area contributed by atoms with Gasteiger partial charge in [0.15, 0.2) is 0 Å². The Labute approximate surface area is 66.6 Å². The normalized spacial score (nSPS) is 48.1. The molecule has 2 bridgehead atoms. The number of hydrogen-bond donors (Lipinski definition) is 1. The van der Waals surface area contributed by atoms with E-state index in [2.05, 4.69) is 6.92 Å². The molecule has 3 fully saturated rings. The molecule has 0 spiro atoms. The topological polar surface area (TPSA) is 37.3 Å². The fourth-order valence-electron chi connectivity index (χ4n) is 3.05. The Hall–Kier alpha value is -0.530. The molecule has 3 saturated carbocycles. The molecule has 0 amide bonds. The fourth-order valence-corrected chi connectivity index (χ4v) is 3.05. The van der Waals surface area contributed by atoms with Gasteiger partial charge < -0.3 is 5.11 Å². The summed E-state index contributed by atoms with van der Waals surface area (Å²) >= 11 is 0. The van der Waals surface area contributed by atoms with Crippen LogP contribution in [0.3, 0.4) is 0 Å². The summed E-state index contributed by atoms with van der Waals surface area (Å²) in [5.74, 6) is -0.560. The number of hydrogen-bond acceptors (Lipinski definition) is 1. The molecule has 0 aliphatic heterocycles. The molecule has 0 atom stereocenters. The summed E-state index contributed by atoms with van der Waals surface area (Å²) in [6, 6.07) is 0. The van der Waals surface area contributed by atoms with Gasteiger partial charge >= 0.3 is 5.97 Å². The zero-order chi connectivity index (χ0) is 8.11. The highest BCUT2D eigenvalue weighted by Gasteiger charge is 2.58. The SMILES string of the molecule is CC12CCCC(C(=O)O)(C1)C2. The first-order valence-corrected chi connectivity index (χ1v) is 4.30. The number of aliphatic carboxylic acids is 1. The van der Waals surface area contributed by atoms with E-state index in [9.17, 15) is 4.79 Å². The van der Waals surface area contributed by atoms with E-state index in [1.807, 2.05) is 0 Å². The predicted molar refractivity (Wildman–Crippen MR) is 41.3 cm³/mol. The lowest BCUT2D eigenvalue weighted by Gasteiger charge is -2.56. The highest BCUT2D eigenvalue weighted by atomic mass is 16.4. The van der Waals surface area contributed by atoms with Gasteiger partial charge in [-0.25, -0.2) is 0 Å². The molecule has 0 unspecified atom stereocenters. The van der Waals surface area contributed by atoms with Gasteiger partial charge in [0.1, 0.15) is 0 Å². The van der Waals surface area contributed by atoms with Crippen molar-refractivity contribution in [3.63, 3.8) is 0 Å².